The molecule has 2 aromatic heterocycles. The summed E-state index contributed by atoms with van der Waals surface area (Å²) in [5, 5.41) is 4.76. The van der Waals surface area contributed by atoms with Crippen LogP contribution in [0.15, 0.2) is 41.7 Å². The van der Waals surface area contributed by atoms with Crippen LogP contribution in [0.25, 0.3) is 10.9 Å². The number of nitrogens with one attached hydrogen (secondary N) is 2. The standard InChI is InChI=1S/C14H11ClF2N4O2S/c15-8-1-2-10-11(3-8)18-6-12(10)24(22,23)20-9-5-19-21(7-9)13-4-14(13,16)17/h1-3,5-7,13,18,20H,4H2. The molecule has 1 saturated carbocycles. The van der Waals surface area contributed by atoms with Gasteiger partial charge in [-0.25, -0.2) is 17.2 Å². The predicted octanol–water partition coefficient (Wildman–Crippen LogP) is 3.40. The number of hydrogen-bond acceptors (Lipinski definition) is 3. The molecule has 0 aliphatic heterocycles. The minimum atomic E-state index is -3.90. The first kappa shape index (κ1) is 15.4. The van der Waals surface area contributed by atoms with Gasteiger partial charge < -0.3 is 4.98 Å². The van der Waals surface area contributed by atoms with Crippen LogP contribution in [0.5, 0.6) is 0 Å². The summed E-state index contributed by atoms with van der Waals surface area (Å²) in [7, 11) is -3.90. The second kappa shape index (κ2) is 4.93. The fraction of sp³-hybridized carbons (Fsp3) is 0.214. The molecular weight excluding hydrogens is 362 g/mol. The maximum absolute atomic E-state index is 13.0. The van der Waals surface area contributed by atoms with Gasteiger partial charge in [-0.05, 0) is 18.2 Å². The highest BCUT2D eigenvalue weighted by molar-refractivity contribution is 7.93. The highest BCUT2D eigenvalue weighted by Crippen LogP contribution is 2.52. The number of fused-ring (bicyclic) bond motifs is 1. The van der Waals surface area contributed by atoms with E-state index in [1.54, 1.807) is 18.2 Å². The third kappa shape index (κ3) is 2.53. The molecule has 1 aromatic carbocycles. The summed E-state index contributed by atoms with van der Waals surface area (Å²) in [5.41, 5.74) is 0.706. The van der Waals surface area contributed by atoms with Gasteiger partial charge in [0.15, 0.2) is 0 Å². The number of alkyl halides is 2. The Morgan fingerprint density at radius 3 is 2.88 bits per heavy atom. The monoisotopic (exact) mass is 372 g/mol. The maximum Gasteiger partial charge on any atom is 0.272 e. The Kier molecular flexibility index (Phi) is 3.17. The van der Waals surface area contributed by atoms with Gasteiger partial charge >= 0.3 is 0 Å². The predicted molar refractivity (Wildman–Crippen MR) is 84.9 cm³/mol. The Morgan fingerprint density at radius 2 is 2.17 bits per heavy atom. The lowest BCUT2D eigenvalue weighted by Crippen LogP contribution is -2.12. The molecule has 126 valence electrons. The molecule has 3 aromatic rings. The summed E-state index contributed by atoms with van der Waals surface area (Å²) in [6.07, 6.45) is 3.53. The lowest BCUT2D eigenvalue weighted by Gasteiger charge is -2.04. The van der Waals surface area contributed by atoms with Crippen molar-refractivity contribution >= 4 is 38.2 Å². The Bertz CT molecular complexity index is 1040. The van der Waals surface area contributed by atoms with Crippen LogP contribution in [0.4, 0.5) is 14.5 Å². The number of anilines is 1. The fourth-order valence-corrected chi connectivity index (χ4v) is 3.93. The summed E-state index contributed by atoms with van der Waals surface area (Å²) in [6.45, 7) is 0. The van der Waals surface area contributed by atoms with E-state index in [1.807, 2.05) is 0 Å². The average molecular weight is 373 g/mol. The normalized spacial score (nSPS) is 19.5. The van der Waals surface area contributed by atoms with Crippen LogP contribution < -0.4 is 4.72 Å². The molecule has 1 atom stereocenters. The zero-order valence-electron chi connectivity index (χ0n) is 12.0. The summed E-state index contributed by atoms with van der Waals surface area (Å²) < 4.78 is 54.6. The van der Waals surface area contributed by atoms with Crippen LogP contribution >= 0.6 is 11.6 Å². The van der Waals surface area contributed by atoms with Gasteiger partial charge in [0, 0.05) is 34.7 Å². The SMILES string of the molecule is O=S(=O)(Nc1cnn(C2CC2(F)F)c1)c1c[nH]c2cc(Cl)ccc12. The van der Waals surface area contributed by atoms with E-state index < -0.39 is 22.0 Å². The molecule has 10 heteroatoms. The van der Waals surface area contributed by atoms with Gasteiger partial charge in [0.1, 0.15) is 10.9 Å². The number of halogens is 3. The molecule has 1 aliphatic carbocycles. The first-order valence-electron chi connectivity index (χ1n) is 6.98. The third-order valence-electron chi connectivity index (χ3n) is 3.86. The van der Waals surface area contributed by atoms with Crippen LogP contribution in [0.3, 0.4) is 0 Å². The van der Waals surface area contributed by atoms with Crippen LogP contribution in [0, 0.1) is 0 Å². The van der Waals surface area contributed by atoms with Gasteiger partial charge in [-0.3, -0.25) is 9.40 Å². The molecule has 2 heterocycles. The molecular formula is C14H11ClF2N4O2S. The summed E-state index contributed by atoms with van der Waals surface area (Å²) in [6, 6.07) is 3.79. The van der Waals surface area contributed by atoms with E-state index in [2.05, 4.69) is 14.8 Å². The van der Waals surface area contributed by atoms with Crippen molar-refractivity contribution < 1.29 is 17.2 Å². The minimum Gasteiger partial charge on any atom is -0.360 e. The summed E-state index contributed by atoms with van der Waals surface area (Å²) in [4.78, 5) is 2.88. The Balaban J connectivity index is 1.63. The number of nitrogens with zero attached hydrogens (tertiary/aromatic N) is 2. The van der Waals surface area contributed by atoms with E-state index in [0.717, 1.165) is 4.68 Å². The van der Waals surface area contributed by atoms with Crippen molar-refractivity contribution in [3.8, 4) is 0 Å². The zero-order chi connectivity index (χ0) is 17.1. The van der Waals surface area contributed by atoms with Crippen molar-refractivity contribution in [3.63, 3.8) is 0 Å². The minimum absolute atomic E-state index is 0.0404. The quantitative estimate of drug-likeness (QED) is 0.736. The molecule has 1 unspecified atom stereocenters. The number of H-pyrrole nitrogens is 1. The second-order valence-corrected chi connectivity index (χ2v) is 7.73. The maximum atomic E-state index is 13.0. The van der Waals surface area contributed by atoms with Crippen molar-refractivity contribution in [1.82, 2.24) is 14.8 Å². The van der Waals surface area contributed by atoms with Crippen LogP contribution in [0.1, 0.15) is 12.5 Å². The fourth-order valence-electron chi connectivity index (χ4n) is 2.55. The van der Waals surface area contributed by atoms with E-state index in [9.17, 15) is 17.2 Å². The lowest BCUT2D eigenvalue weighted by atomic mass is 10.2. The van der Waals surface area contributed by atoms with E-state index in [1.165, 1.54) is 18.6 Å². The molecule has 0 bridgehead atoms. The molecule has 0 saturated heterocycles. The van der Waals surface area contributed by atoms with Crippen molar-refractivity contribution in [2.24, 2.45) is 0 Å². The molecule has 2 N–H and O–H groups in total. The summed E-state index contributed by atoms with van der Waals surface area (Å²) >= 11 is 5.88. The van der Waals surface area contributed by atoms with Crippen LogP contribution in [-0.2, 0) is 10.0 Å². The van der Waals surface area contributed by atoms with Gasteiger partial charge in [-0.15, -0.1) is 0 Å². The van der Waals surface area contributed by atoms with Gasteiger partial charge in [-0.1, -0.05) is 11.6 Å². The first-order chi connectivity index (χ1) is 11.3. The van der Waals surface area contributed by atoms with Crippen molar-refractivity contribution in [2.75, 3.05) is 4.72 Å². The van der Waals surface area contributed by atoms with Gasteiger partial charge in [0.2, 0.25) is 0 Å². The lowest BCUT2D eigenvalue weighted by molar-refractivity contribution is 0.0983. The van der Waals surface area contributed by atoms with E-state index in [4.69, 9.17) is 11.6 Å². The second-order valence-electron chi connectivity index (χ2n) is 5.64. The Morgan fingerprint density at radius 1 is 1.42 bits per heavy atom. The van der Waals surface area contributed by atoms with Crippen LogP contribution in [0.2, 0.25) is 5.02 Å². The van der Waals surface area contributed by atoms with Gasteiger partial charge in [-0.2, -0.15) is 5.10 Å². The van der Waals surface area contributed by atoms with Crippen molar-refractivity contribution in [1.29, 1.82) is 0 Å². The number of aromatic amines is 1. The van der Waals surface area contributed by atoms with E-state index in [0.29, 0.717) is 15.9 Å². The van der Waals surface area contributed by atoms with E-state index in [-0.39, 0.29) is 17.0 Å². The van der Waals surface area contributed by atoms with Crippen LogP contribution in [-0.4, -0.2) is 29.1 Å². The summed E-state index contributed by atoms with van der Waals surface area (Å²) in [5.74, 6) is -2.78. The number of aromatic nitrogens is 3. The topological polar surface area (TPSA) is 79.8 Å². The molecule has 4 rings (SSSR count). The van der Waals surface area contributed by atoms with Crippen molar-refractivity contribution in [3.05, 3.63) is 41.8 Å². The van der Waals surface area contributed by atoms with Crippen molar-refractivity contribution in [2.45, 2.75) is 23.3 Å². The molecule has 24 heavy (non-hydrogen) atoms. The molecule has 0 amide bonds. The molecule has 1 aliphatic rings. The highest BCUT2D eigenvalue weighted by Gasteiger charge is 2.59. The molecule has 6 nitrogen and oxygen atoms in total. The average Bonchev–Trinajstić information content (AvgIpc) is 2.89. The zero-order valence-corrected chi connectivity index (χ0v) is 13.6. The Hall–Kier alpha value is -2.13. The number of benzene rings is 1. The highest BCUT2D eigenvalue weighted by atomic mass is 35.5. The Labute approximate surface area is 140 Å². The van der Waals surface area contributed by atoms with Gasteiger partial charge in [0.25, 0.3) is 15.9 Å². The molecule has 0 spiro atoms. The van der Waals surface area contributed by atoms with E-state index >= 15 is 0 Å². The number of rotatable bonds is 4. The van der Waals surface area contributed by atoms with Gasteiger partial charge in [0.05, 0.1) is 11.9 Å². The number of hydrogen-bond donors (Lipinski definition) is 2. The first-order valence-corrected chi connectivity index (χ1v) is 8.84. The smallest absolute Gasteiger partial charge is 0.272 e. The largest absolute Gasteiger partial charge is 0.360 e. The number of sulfonamides is 1. The third-order valence-corrected chi connectivity index (χ3v) is 5.52. The molecule has 1 fully saturated rings. The molecule has 0 radical (unpaired) electrons.